The van der Waals surface area contributed by atoms with Crippen LogP contribution in [-0.4, -0.2) is 30.1 Å². The minimum atomic E-state index is -4.62. The van der Waals surface area contributed by atoms with Gasteiger partial charge in [0.2, 0.25) is 11.8 Å². The lowest BCUT2D eigenvalue weighted by Crippen LogP contribution is -2.08. The third-order valence-corrected chi connectivity index (χ3v) is 4.12. The highest BCUT2D eigenvalue weighted by Crippen LogP contribution is 2.34. The van der Waals surface area contributed by atoms with E-state index in [9.17, 15) is 18.0 Å². The topological polar surface area (TPSA) is 82.6 Å². The van der Waals surface area contributed by atoms with Crippen LogP contribution in [0.25, 0.3) is 6.08 Å². The molecule has 3 rings (SSSR count). The molecule has 166 valence electrons. The second-order valence-electron chi connectivity index (χ2n) is 6.30. The zero-order valence-corrected chi connectivity index (χ0v) is 17.0. The van der Waals surface area contributed by atoms with Crippen LogP contribution < -0.4 is 19.5 Å². The number of carbonyl (C=O) groups excluding carboxylic acids is 1. The highest BCUT2D eigenvalue weighted by atomic mass is 19.4. The Morgan fingerprint density at radius 1 is 0.969 bits per heavy atom. The van der Waals surface area contributed by atoms with Crippen molar-refractivity contribution in [1.29, 1.82) is 0 Å². The molecule has 0 radical (unpaired) electrons. The lowest BCUT2D eigenvalue weighted by atomic mass is 10.2. The van der Waals surface area contributed by atoms with Crippen LogP contribution in [0.1, 0.15) is 11.3 Å². The van der Waals surface area contributed by atoms with E-state index < -0.39 is 11.9 Å². The Kier molecular flexibility index (Phi) is 6.93. The SMILES string of the molecule is COc1ccc(NC(=O)C=Cc2ccc(Oc3cc(C(F)(F)F)ncn3)c(OC)c2)cc1. The summed E-state index contributed by atoms with van der Waals surface area (Å²) in [5, 5.41) is 2.71. The van der Waals surface area contributed by atoms with E-state index in [1.807, 2.05) is 0 Å². The number of aromatic nitrogens is 2. The van der Waals surface area contributed by atoms with E-state index in [1.54, 1.807) is 49.6 Å². The summed E-state index contributed by atoms with van der Waals surface area (Å²) in [5.41, 5.74) is 0.0893. The quantitative estimate of drug-likeness (QED) is 0.518. The summed E-state index contributed by atoms with van der Waals surface area (Å²) in [5.74, 6) is 0.432. The Labute approximate surface area is 181 Å². The number of alkyl halides is 3. The molecule has 0 unspecified atom stereocenters. The summed E-state index contributed by atoms with van der Waals surface area (Å²) in [6.45, 7) is 0. The van der Waals surface area contributed by atoms with Gasteiger partial charge in [0, 0.05) is 17.8 Å². The molecule has 32 heavy (non-hydrogen) atoms. The molecular weight excluding hydrogens is 427 g/mol. The number of anilines is 1. The third kappa shape index (κ3) is 5.97. The Morgan fingerprint density at radius 2 is 1.72 bits per heavy atom. The molecule has 0 atom stereocenters. The van der Waals surface area contributed by atoms with Crippen LogP contribution in [0.5, 0.6) is 23.1 Å². The predicted molar refractivity (Wildman–Crippen MR) is 111 cm³/mol. The fourth-order valence-corrected chi connectivity index (χ4v) is 2.57. The number of hydrogen-bond donors (Lipinski definition) is 1. The molecule has 7 nitrogen and oxygen atoms in total. The van der Waals surface area contributed by atoms with Crippen LogP contribution >= 0.6 is 0 Å². The number of amides is 1. The molecule has 0 aliphatic rings. The van der Waals surface area contributed by atoms with Gasteiger partial charge in [-0.15, -0.1) is 0 Å². The van der Waals surface area contributed by atoms with Crippen LogP contribution in [0, 0.1) is 0 Å². The third-order valence-electron chi connectivity index (χ3n) is 4.12. The molecule has 1 amide bonds. The van der Waals surface area contributed by atoms with E-state index in [0.717, 1.165) is 6.33 Å². The first kappa shape index (κ1) is 22.6. The van der Waals surface area contributed by atoms with Crippen molar-refractivity contribution < 1.29 is 32.2 Å². The number of ether oxygens (including phenoxy) is 3. The van der Waals surface area contributed by atoms with Crippen molar-refractivity contribution in [3.63, 3.8) is 0 Å². The zero-order valence-electron chi connectivity index (χ0n) is 17.0. The number of nitrogens with zero attached hydrogens (tertiary/aromatic N) is 2. The van der Waals surface area contributed by atoms with Gasteiger partial charge in [-0.25, -0.2) is 9.97 Å². The van der Waals surface area contributed by atoms with Crippen molar-refractivity contribution in [3.05, 3.63) is 72.2 Å². The molecule has 0 bridgehead atoms. The van der Waals surface area contributed by atoms with Crippen LogP contribution in [0.15, 0.2) is 60.9 Å². The predicted octanol–water partition coefficient (Wildman–Crippen LogP) is 4.96. The van der Waals surface area contributed by atoms with E-state index in [-0.39, 0.29) is 23.3 Å². The van der Waals surface area contributed by atoms with Gasteiger partial charge in [-0.2, -0.15) is 13.2 Å². The summed E-state index contributed by atoms with van der Waals surface area (Å²) in [4.78, 5) is 19.0. The number of methoxy groups -OCH3 is 2. The Balaban J connectivity index is 1.70. The molecule has 1 aromatic heterocycles. The van der Waals surface area contributed by atoms with Gasteiger partial charge in [0.25, 0.3) is 0 Å². The first-order valence-electron chi connectivity index (χ1n) is 9.17. The summed E-state index contributed by atoms with van der Waals surface area (Å²) < 4.78 is 54.2. The van der Waals surface area contributed by atoms with Gasteiger partial charge in [-0.3, -0.25) is 4.79 Å². The number of nitrogens with one attached hydrogen (secondary N) is 1. The molecular formula is C22H18F3N3O4. The zero-order chi connectivity index (χ0) is 23.1. The second kappa shape index (κ2) is 9.82. The van der Waals surface area contributed by atoms with Crippen molar-refractivity contribution in [1.82, 2.24) is 9.97 Å². The number of benzene rings is 2. The average Bonchev–Trinajstić information content (AvgIpc) is 2.78. The van der Waals surface area contributed by atoms with Crippen LogP contribution in [0.4, 0.5) is 18.9 Å². The maximum absolute atomic E-state index is 12.8. The van der Waals surface area contributed by atoms with Crippen molar-refractivity contribution in [2.75, 3.05) is 19.5 Å². The van der Waals surface area contributed by atoms with Crippen molar-refractivity contribution in [2.24, 2.45) is 0 Å². The average molecular weight is 445 g/mol. The minimum absolute atomic E-state index is 0.152. The largest absolute Gasteiger partial charge is 0.497 e. The highest BCUT2D eigenvalue weighted by molar-refractivity contribution is 6.02. The maximum atomic E-state index is 12.8. The van der Waals surface area contributed by atoms with Gasteiger partial charge in [-0.05, 0) is 48.0 Å². The fraction of sp³-hybridized carbons (Fsp3) is 0.136. The molecule has 0 aliphatic carbocycles. The maximum Gasteiger partial charge on any atom is 0.433 e. The van der Waals surface area contributed by atoms with Gasteiger partial charge < -0.3 is 19.5 Å². The second-order valence-corrected chi connectivity index (χ2v) is 6.30. The van der Waals surface area contributed by atoms with Crippen LogP contribution in [0.2, 0.25) is 0 Å². The Hall–Kier alpha value is -4.08. The van der Waals surface area contributed by atoms with Gasteiger partial charge in [0.15, 0.2) is 17.2 Å². The van der Waals surface area contributed by atoms with Crippen LogP contribution in [0.3, 0.4) is 0 Å². The van der Waals surface area contributed by atoms with Crippen LogP contribution in [-0.2, 0) is 11.0 Å². The summed E-state index contributed by atoms with van der Waals surface area (Å²) in [7, 11) is 2.93. The van der Waals surface area contributed by atoms with Gasteiger partial charge in [0.1, 0.15) is 12.1 Å². The molecule has 10 heteroatoms. The number of halogens is 3. The highest BCUT2D eigenvalue weighted by Gasteiger charge is 2.33. The normalized spacial score (nSPS) is 11.3. The molecule has 2 aromatic carbocycles. The van der Waals surface area contributed by atoms with Crippen molar-refractivity contribution in [3.8, 4) is 23.1 Å². The van der Waals surface area contributed by atoms with E-state index in [4.69, 9.17) is 14.2 Å². The molecule has 0 spiro atoms. The molecule has 0 aliphatic heterocycles. The lowest BCUT2D eigenvalue weighted by Gasteiger charge is -2.11. The lowest BCUT2D eigenvalue weighted by molar-refractivity contribution is -0.141. The van der Waals surface area contributed by atoms with E-state index in [2.05, 4.69) is 15.3 Å². The Bertz CT molecular complexity index is 1120. The van der Waals surface area contributed by atoms with Gasteiger partial charge in [-0.1, -0.05) is 6.07 Å². The molecule has 0 saturated carbocycles. The van der Waals surface area contributed by atoms with E-state index in [0.29, 0.717) is 23.1 Å². The fourth-order valence-electron chi connectivity index (χ4n) is 2.57. The summed E-state index contributed by atoms with van der Waals surface area (Å²) in [6.07, 6.45) is -0.966. The number of carbonyl (C=O) groups is 1. The minimum Gasteiger partial charge on any atom is -0.497 e. The Morgan fingerprint density at radius 3 is 2.38 bits per heavy atom. The number of hydrogen-bond acceptors (Lipinski definition) is 6. The molecule has 0 fully saturated rings. The monoisotopic (exact) mass is 445 g/mol. The standard InChI is InChI=1S/C22H18F3N3O4/c1-30-16-7-5-15(6-8-16)28-20(29)10-4-14-3-9-17(18(11-14)31-2)32-21-12-19(22(23,24)25)26-13-27-21/h3-13H,1-2H3,(H,28,29). The van der Waals surface area contributed by atoms with Gasteiger partial charge >= 0.3 is 6.18 Å². The first-order valence-corrected chi connectivity index (χ1v) is 9.17. The molecule has 1 N–H and O–H groups in total. The van der Waals surface area contributed by atoms with E-state index >= 15 is 0 Å². The van der Waals surface area contributed by atoms with Crippen molar-refractivity contribution >= 4 is 17.7 Å². The molecule has 0 saturated heterocycles. The number of rotatable bonds is 7. The summed E-state index contributed by atoms with van der Waals surface area (Å²) in [6, 6.07) is 12.2. The molecule has 1 heterocycles. The van der Waals surface area contributed by atoms with E-state index in [1.165, 1.54) is 19.3 Å². The smallest absolute Gasteiger partial charge is 0.433 e. The summed E-state index contributed by atoms with van der Waals surface area (Å²) >= 11 is 0. The van der Waals surface area contributed by atoms with Gasteiger partial charge in [0.05, 0.1) is 14.2 Å². The molecule has 3 aromatic rings. The first-order chi connectivity index (χ1) is 15.3. The van der Waals surface area contributed by atoms with Crippen molar-refractivity contribution in [2.45, 2.75) is 6.18 Å².